The van der Waals surface area contributed by atoms with E-state index in [2.05, 4.69) is 15.6 Å². The number of fused-ring (bicyclic) bond motifs is 1. The summed E-state index contributed by atoms with van der Waals surface area (Å²) in [5, 5.41) is 11.6. The van der Waals surface area contributed by atoms with Crippen molar-refractivity contribution in [2.24, 2.45) is 0 Å². The van der Waals surface area contributed by atoms with Crippen LogP contribution in [0.5, 0.6) is 0 Å². The highest BCUT2D eigenvalue weighted by Gasteiger charge is 2.17. The van der Waals surface area contributed by atoms with Crippen molar-refractivity contribution in [3.63, 3.8) is 0 Å². The average Bonchev–Trinajstić information content (AvgIpc) is 2.79. The number of amides is 1. The van der Waals surface area contributed by atoms with Gasteiger partial charge in [0.1, 0.15) is 12.1 Å². The second-order valence-electron chi connectivity index (χ2n) is 5.05. The third kappa shape index (κ3) is 2.92. The van der Waals surface area contributed by atoms with Gasteiger partial charge in [-0.25, -0.2) is 4.68 Å². The van der Waals surface area contributed by atoms with E-state index in [9.17, 15) is 9.59 Å². The molecule has 110 valence electrons. The maximum atomic E-state index is 12.3. The number of nitrogens with zero attached hydrogens (tertiary/aromatic N) is 4. The molecule has 0 radical (unpaired) electrons. The molecule has 2 heterocycles. The van der Waals surface area contributed by atoms with E-state index in [1.165, 1.54) is 0 Å². The molecule has 2 aromatic rings. The molecule has 0 aliphatic carbocycles. The summed E-state index contributed by atoms with van der Waals surface area (Å²) in [5.41, 5.74) is 0.270. The fourth-order valence-electron chi connectivity index (χ4n) is 2.45. The van der Waals surface area contributed by atoms with Crippen molar-refractivity contribution in [2.75, 3.05) is 26.2 Å². The zero-order valence-corrected chi connectivity index (χ0v) is 11.7. The van der Waals surface area contributed by atoms with Crippen molar-refractivity contribution in [3.8, 4) is 0 Å². The van der Waals surface area contributed by atoms with E-state index in [-0.39, 0.29) is 18.0 Å². The summed E-state index contributed by atoms with van der Waals surface area (Å²) in [5.74, 6) is -0.0922. The van der Waals surface area contributed by atoms with Crippen molar-refractivity contribution < 1.29 is 4.79 Å². The smallest absolute Gasteiger partial charge is 0.278 e. The first kappa shape index (κ1) is 13.7. The van der Waals surface area contributed by atoms with Gasteiger partial charge in [-0.1, -0.05) is 17.3 Å². The fourth-order valence-corrected chi connectivity index (χ4v) is 2.45. The van der Waals surface area contributed by atoms with Gasteiger partial charge in [0.15, 0.2) is 0 Å². The molecule has 0 saturated carbocycles. The molecule has 1 saturated heterocycles. The molecule has 1 aromatic carbocycles. The summed E-state index contributed by atoms with van der Waals surface area (Å²) in [7, 11) is 0. The number of carbonyl (C=O) groups is 1. The molecule has 1 amide bonds. The van der Waals surface area contributed by atoms with E-state index in [0.717, 1.165) is 24.2 Å². The van der Waals surface area contributed by atoms with Gasteiger partial charge in [0, 0.05) is 19.6 Å². The predicted octanol–water partition coefficient (Wildman–Crippen LogP) is -0.387. The Bertz CT molecular complexity index is 704. The lowest BCUT2D eigenvalue weighted by atomic mass is 10.2. The Hall–Kier alpha value is -2.28. The fraction of sp³-hybridized carbons (Fsp3) is 0.429. The largest absolute Gasteiger partial charge is 0.340 e. The minimum atomic E-state index is -0.276. The summed E-state index contributed by atoms with van der Waals surface area (Å²) < 4.78 is 1.14. The quantitative estimate of drug-likeness (QED) is 0.814. The maximum absolute atomic E-state index is 12.3. The second kappa shape index (κ2) is 6.01. The van der Waals surface area contributed by atoms with Gasteiger partial charge in [0.05, 0.1) is 5.39 Å². The summed E-state index contributed by atoms with van der Waals surface area (Å²) in [4.78, 5) is 26.3. The van der Waals surface area contributed by atoms with Crippen molar-refractivity contribution >= 4 is 16.8 Å². The summed E-state index contributed by atoms with van der Waals surface area (Å²) >= 11 is 0. The van der Waals surface area contributed by atoms with Crippen LogP contribution in [0.25, 0.3) is 10.9 Å². The molecule has 1 N–H and O–H groups in total. The second-order valence-corrected chi connectivity index (χ2v) is 5.05. The first-order valence-electron chi connectivity index (χ1n) is 7.07. The number of rotatable bonds is 2. The number of benzene rings is 1. The molecule has 1 aliphatic rings. The minimum absolute atomic E-state index is 0.0589. The number of hydrogen-bond donors (Lipinski definition) is 1. The topological polar surface area (TPSA) is 80.1 Å². The van der Waals surface area contributed by atoms with E-state index >= 15 is 0 Å². The molecular formula is C14H17N5O2. The highest BCUT2D eigenvalue weighted by atomic mass is 16.2. The molecule has 1 aromatic heterocycles. The van der Waals surface area contributed by atoms with Crippen LogP contribution < -0.4 is 10.9 Å². The lowest BCUT2D eigenvalue weighted by molar-refractivity contribution is -0.131. The monoisotopic (exact) mass is 287 g/mol. The molecule has 7 heteroatoms. The molecule has 0 atom stereocenters. The average molecular weight is 287 g/mol. The molecule has 0 spiro atoms. The molecule has 1 fully saturated rings. The van der Waals surface area contributed by atoms with Crippen LogP contribution in [0.2, 0.25) is 0 Å². The van der Waals surface area contributed by atoms with Gasteiger partial charge in [-0.2, -0.15) is 0 Å². The third-order valence-corrected chi connectivity index (χ3v) is 3.61. The number of hydrogen-bond acceptors (Lipinski definition) is 5. The van der Waals surface area contributed by atoms with E-state index in [0.29, 0.717) is 24.0 Å². The first-order chi connectivity index (χ1) is 10.3. The molecule has 7 nitrogen and oxygen atoms in total. The normalized spacial score (nSPS) is 15.9. The Morgan fingerprint density at radius 2 is 2.10 bits per heavy atom. The van der Waals surface area contributed by atoms with Gasteiger partial charge in [-0.15, -0.1) is 5.10 Å². The minimum Gasteiger partial charge on any atom is -0.340 e. The first-order valence-corrected chi connectivity index (χ1v) is 7.07. The van der Waals surface area contributed by atoms with E-state index in [1.807, 2.05) is 0 Å². The number of nitrogens with one attached hydrogen (secondary N) is 1. The van der Waals surface area contributed by atoms with Gasteiger partial charge >= 0.3 is 0 Å². The van der Waals surface area contributed by atoms with Gasteiger partial charge < -0.3 is 10.2 Å². The zero-order chi connectivity index (χ0) is 14.7. The Labute approximate surface area is 121 Å². The number of carbonyl (C=O) groups excluding carboxylic acids is 1. The highest BCUT2D eigenvalue weighted by molar-refractivity contribution is 5.78. The molecular weight excluding hydrogens is 270 g/mol. The van der Waals surface area contributed by atoms with E-state index in [4.69, 9.17) is 0 Å². The molecule has 21 heavy (non-hydrogen) atoms. The zero-order valence-electron chi connectivity index (χ0n) is 11.7. The van der Waals surface area contributed by atoms with Gasteiger partial charge in [0.2, 0.25) is 5.91 Å². The van der Waals surface area contributed by atoms with Crippen molar-refractivity contribution in [1.29, 1.82) is 0 Å². The van der Waals surface area contributed by atoms with Crippen LogP contribution in [0, 0.1) is 0 Å². The lowest BCUT2D eigenvalue weighted by Gasteiger charge is -2.19. The van der Waals surface area contributed by atoms with Crippen molar-refractivity contribution in [1.82, 2.24) is 25.2 Å². The molecule has 0 unspecified atom stereocenters. The molecule has 1 aliphatic heterocycles. The summed E-state index contributed by atoms with van der Waals surface area (Å²) in [6.07, 6.45) is 0.921. The Morgan fingerprint density at radius 1 is 1.24 bits per heavy atom. The summed E-state index contributed by atoms with van der Waals surface area (Å²) in [6.45, 7) is 3.01. The Morgan fingerprint density at radius 3 is 3.00 bits per heavy atom. The highest BCUT2D eigenvalue weighted by Crippen LogP contribution is 2.04. The molecule has 3 rings (SSSR count). The Balaban J connectivity index is 1.82. The molecule has 0 bridgehead atoms. The lowest BCUT2D eigenvalue weighted by Crippen LogP contribution is -2.39. The van der Waals surface area contributed by atoms with Crippen LogP contribution in [0.3, 0.4) is 0 Å². The Kier molecular flexibility index (Phi) is 3.92. The van der Waals surface area contributed by atoms with Gasteiger partial charge in [-0.3, -0.25) is 9.59 Å². The maximum Gasteiger partial charge on any atom is 0.278 e. The van der Waals surface area contributed by atoms with E-state index in [1.54, 1.807) is 29.2 Å². The van der Waals surface area contributed by atoms with Crippen LogP contribution >= 0.6 is 0 Å². The summed E-state index contributed by atoms with van der Waals surface area (Å²) in [6, 6.07) is 7.01. The van der Waals surface area contributed by atoms with Crippen LogP contribution in [0.4, 0.5) is 0 Å². The standard InChI is InChI=1S/C14H17N5O2/c20-13(18-8-3-6-15-7-9-18)10-19-14(21)11-4-1-2-5-12(11)16-17-19/h1-2,4-5,15H,3,6-10H2. The van der Waals surface area contributed by atoms with Gasteiger partial charge in [-0.05, 0) is 25.1 Å². The predicted molar refractivity (Wildman–Crippen MR) is 77.9 cm³/mol. The van der Waals surface area contributed by atoms with Crippen LogP contribution in [-0.4, -0.2) is 52.0 Å². The number of aromatic nitrogens is 3. The van der Waals surface area contributed by atoms with Gasteiger partial charge in [0.25, 0.3) is 5.56 Å². The van der Waals surface area contributed by atoms with Crippen molar-refractivity contribution in [2.45, 2.75) is 13.0 Å². The van der Waals surface area contributed by atoms with Crippen LogP contribution in [0.1, 0.15) is 6.42 Å². The van der Waals surface area contributed by atoms with Crippen LogP contribution in [-0.2, 0) is 11.3 Å². The van der Waals surface area contributed by atoms with Crippen molar-refractivity contribution in [3.05, 3.63) is 34.6 Å². The SMILES string of the molecule is O=C(Cn1nnc2ccccc2c1=O)N1CCCNCC1. The van der Waals surface area contributed by atoms with Crippen LogP contribution in [0.15, 0.2) is 29.1 Å². The third-order valence-electron chi connectivity index (χ3n) is 3.61. The van der Waals surface area contributed by atoms with E-state index < -0.39 is 0 Å².